The van der Waals surface area contributed by atoms with Gasteiger partial charge in [0.1, 0.15) is 5.75 Å². The number of benzene rings is 1. The number of halogens is 4. The van der Waals surface area contributed by atoms with Gasteiger partial charge < -0.3 is 9.84 Å². The Labute approximate surface area is 104 Å². The average molecular weight is 288 g/mol. The molecule has 9 heteroatoms. The third-order valence-electron chi connectivity index (χ3n) is 1.65. The summed E-state index contributed by atoms with van der Waals surface area (Å²) in [6, 6.07) is 2.41. The number of alkyl halides is 4. The van der Waals surface area contributed by atoms with Crippen molar-refractivity contribution in [3.63, 3.8) is 0 Å². The lowest BCUT2D eigenvalue weighted by Crippen LogP contribution is -2.32. The van der Waals surface area contributed by atoms with Gasteiger partial charge in [0.25, 0.3) is 0 Å². The number of hydrogen-bond acceptors (Lipinski definition) is 4. The molecule has 0 amide bonds. The van der Waals surface area contributed by atoms with Crippen LogP contribution in [0.5, 0.6) is 11.5 Å². The van der Waals surface area contributed by atoms with Gasteiger partial charge in [0.15, 0.2) is 5.75 Å². The van der Waals surface area contributed by atoms with Crippen LogP contribution in [0.3, 0.4) is 0 Å². The van der Waals surface area contributed by atoms with E-state index in [9.17, 15) is 18.9 Å². The lowest BCUT2D eigenvalue weighted by Gasteiger charge is -2.18. The second-order valence-electron chi connectivity index (χ2n) is 2.87. The molecule has 1 aromatic rings. The molecule has 0 atom stereocenters. The highest BCUT2D eigenvalue weighted by atomic mass is 35.5. The number of hydrogen-bond donors (Lipinski definition) is 1. The summed E-state index contributed by atoms with van der Waals surface area (Å²) < 4.78 is 30.0. The molecule has 1 N–H and O–H groups in total. The van der Waals surface area contributed by atoms with Crippen LogP contribution in [-0.2, 0) is 0 Å². The molecular weight excluding hydrogens is 283 g/mol. The molecular formula is C8H5Cl2F2NO4. The van der Waals surface area contributed by atoms with Gasteiger partial charge in [0.05, 0.1) is 11.0 Å². The standard InChI is InChI=1S/C8H5Cl2F2NO4/c9-7(10)8(11,12)17-4-1-2-6(14)5(3-4)13(15)16/h1-3,7,14H. The Morgan fingerprint density at radius 2 is 2.06 bits per heavy atom. The van der Waals surface area contributed by atoms with Gasteiger partial charge in [-0.3, -0.25) is 10.1 Å². The molecule has 0 radical (unpaired) electrons. The molecule has 0 aliphatic heterocycles. The molecule has 17 heavy (non-hydrogen) atoms. The van der Waals surface area contributed by atoms with Gasteiger partial charge in [-0.15, -0.1) is 0 Å². The van der Waals surface area contributed by atoms with E-state index < -0.39 is 33.1 Å². The van der Waals surface area contributed by atoms with Gasteiger partial charge in [0.2, 0.25) is 4.84 Å². The van der Waals surface area contributed by atoms with E-state index in [1.54, 1.807) is 0 Å². The van der Waals surface area contributed by atoms with Gasteiger partial charge in [-0.2, -0.15) is 8.78 Å². The molecule has 0 saturated heterocycles. The molecule has 0 saturated carbocycles. The Morgan fingerprint density at radius 3 is 2.53 bits per heavy atom. The molecule has 0 fully saturated rings. The quantitative estimate of drug-likeness (QED) is 0.525. The summed E-state index contributed by atoms with van der Waals surface area (Å²) in [7, 11) is 0. The molecule has 5 nitrogen and oxygen atoms in total. The zero-order valence-corrected chi connectivity index (χ0v) is 9.45. The Kier molecular flexibility index (Phi) is 3.94. The largest absolute Gasteiger partial charge is 0.502 e. The van der Waals surface area contributed by atoms with Crippen molar-refractivity contribution in [2.45, 2.75) is 10.9 Å². The van der Waals surface area contributed by atoms with E-state index in [0.717, 1.165) is 12.1 Å². The maximum atomic E-state index is 12.9. The number of rotatable bonds is 4. The first-order valence-corrected chi connectivity index (χ1v) is 4.93. The number of nitro groups is 1. The fraction of sp³-hybridized carbons (Fsp3) is 0.250. The zero-order valence-electron chi connectivity index (χ0n) is 7.94. The molecule has 0 unspecified atom stereocenters. The Balaban J connectivity index is 3.01. The van der Waals surface area contributed by atoms with Crippen molar-refractivity contribution in [3.05, 3.63) is 28.3 Å². The van der Waals surface area contributed by atoms with Gasteiger partial charge in [0, 0.05) is 0 Å². The smallest absolute Gasteiger partial charge is 0.428 e. The summed E-state index contributed by atoms with van der Waals surface area (Å²) in [6.07, 6.45) is -3.89. The number of nitrogens with zero attached hydrogens (tertiary/aromatic N) is 1. The summed E-state index contributed by atoms with van der Waals surface area (Å²) in [5, 5.41) is 19.5. The summed E-state index contributed by atoms with van der Waals surface area (Å²) in [5.74, 6) is -1.20. The van der Waals surface area contributed by atoms with Crippen LogP contribution in [0.2, 0.25) is 0 Å². The van der Waals surface area contributed by atoms with E-state index >= 15 is 0 Å². The van der Waals surface area contributed by atoms with E-state index in [-0.39, 0.29) is 0 Å². The highest BCUT2D eigenvalue weighted by molar-refractivity contribution is 6.44. The summed E-state index contributed by atoms with van der Waals surface area (Å²) >= 11 is 9.92. The Morgan fingerprint density at radius 1 is 1.47 bits per heavy atom. The Bertz CT molecular complexity index is 442. The van der Waals surface area contributed by atoms with Crippen molar-refractivity contribution < 1.29 is 23.5 Å². The van der Waals surface area contributed by atoms with E-state index in [2.05, 4.69) is 4.74 Å². The van der Waals surface area contributed by atoms with Gasteiger partial charge in [-0.25, -0.2) is 0 Å². The van der Waals surface area contributed by atoms with Gasteiger partial charge in [-0.1, -0.05) is 23.2 Å². The third kappa shape index (κ3) is 3.31. The fourth-order valence-electron chi connectivity index (χ4n) is 0.915. The second-order valence-corrected chi connectivity index (χ2v) is 3.97. The predicted octanol–water partition coefficient (Wildman–Crippen LogP) is 3.08. The minimum absolute atomic E-state index is 0.536. The van der Waals surface area contributed by atoms with Crippen molar-refractivity contribution in [3.8, 4) is 11.5 Å². The average Bonchev–Trinajstić information content (AvgIpc) is 2.20. The highest BCUT2D eigenvalue weighted by Gasteiger charge is 2.40. The van der Waals surface area contributed by atoms with E-state index in [1.807, 2.05) is 0 Å². The Hall–Kier alpha value is -1.34. The van der Waals surface area contributed by atoms with Crippen molar-refractivity contribution in [1.29, 1.82) is 0 Å². The first-order chi connectivity index (χ1) is 7.74. The number of aromatic hydroxyl groups is 1. The van der Waals surface area contributed by atoms with Crippen molar-refractivity contribution in [1.82, 2.24) is 0 Å². The van der Waals surface area contributed by atoms with Crippen LogP contribution < -0.4 is 4.74 Å². The van der Waals surface area contributed by atoms with Crippen LogP contribution in [0.4, 0.5) is 14.5 Å². The summed E-state index contributed by atoms with van der Waals surface area (Å²) in [6.45, 7) is 0. The molecule has 0 heterocycles. The minimum Gasteiger partial charge on any atom is -0.502 e. The van der Waals surface area contributed by atoms with Crippen LogP contribution in [0.15, 0.2) is 18.2 Å². The number of phenolic OH excluding ortho intramolecular Hbond substituents is 1. The zero-order chi connectivity index (χ0) is 13.2. The summed E-state index contributed by atoms with van der Waals surface area (Å²) in [5.41, 5.74) is -0.765. The molecule has 0 aliphatic carbocycles. The van der Waals surface area contributed by atoms with Crippen LogP contribution in [-0.4, -0.2) is 21.0 Å². The predicted molar refractivity (Wildman–Crippen MR) is 55.8 cm³/mol. The van der Waals surface area contributed by atoms with E-state index in [1.165, 1.54) is 0 Å². The maximum absolute atomic E-state index is 12.9. The van der Waals surface area contributed by atoms with Gasteiger partial charge >= 0.3 is 11.8 Å². The fourth-order valence-corrected chi connectivity index (χ4v) is 1.00. The SMILES string of the molecule is O=[N+]([O-])c1cc(OC(F)(F)C(Cl)Cl)ccc1O. The number of ether oxygens (including phenoxy) is 1. The third-order valence-corrected chi connectivity index (χ3v) is 2.16. The van der Waals surface area contributed by atoms with Crippen molar-refractivity contribution in [2.24, 2.45) is 0 Å². The lowest BCUT2D eigenvalue weighted by atomic mass is 10.3. The van der Waals surface area contributed by atoms with Crippen molar-refractivity contribution in [2.75, 3.05) is 0 Å². The number of nitro benzene ring substituents is 1. The number of phenols is 1. The topological polar surface area (TPSA) is 72.6 Å². The molecule has 0 aliphatic rings. The summed E-state index contributed by atoms with van der Waals surface area (Å²) in [4.78, 5) is 7.35. The van der Waals surface area contributed by atoms with E-state index in [0.29, 0.717) is 6.07 Å². The molecule has 1 aromatic carbocycles. The molecule has 0 bridgehead atoms. The molecule has 1 rings (SSSR count). The first-order valence-electron chi connectivity index (χ1n) is 4.06. The monoisotopic (exact) mass is 287 g/mol. The normalized spacial score (nSPS) is 11.6. The van der Waals surface area contributed by atoms with Crippen LogP contribution in [0.25, 0.3) is 0 Å². The van der Waals surface area contributed by atoms with Crippen molar-refractivity contribution >= 4 is 28.9 Å². The van der Waals surface area contributed by atoms with E-state index in [4.69, 9.17) is 28.3 Å². The minimum atomic E-state index is -3.89. The molecule has 0 aromatic heterocycles. The van der Waals surface area contributed by atoms with Gasteiger partial charge in [-0.05, 0) is 12.1 Å². The van der Waals surface area contributed by atoms with Crippen LogP contribution >= 0.6 is 23.2 Å². The molecule has 0 spiro atoms. The highest BCUT2D eigenvalue weighted by Crippen LogP contribution is 2.34. The van der Waals surface area contributed by atoms with Crippen LogP contribution in [0, 0.1) is 10.1 Å². The second kappa shape index (κ2) is 4.89. The molecule has 94 valence electrons. The lowest BCUT2D eigenvalue weighted by molar-refractivity contribution is -0.386. The van der Waals surface area contributed by atoms with Crippen LogP contribution in [0.1, 0.15) is 0 Å². The first kappa shape index (κ1) is 13.7. The maximum Gasteiger partial charge on any atom is 0.428 e.